The molecule has 2 rings (SSSR count). The van der Waals surface area contributed by atoms with Crippen molar-refractivity contribution in [2.45, 2.75) is 11.9 Å². The lowest BCUT2D eigenvalue weighted by atomic mass is 10.2. The van der Waals surface area contributed by atoms with Gasteiger partial charge in [0.05, 0.1) is 5.02 Å². The number of hydrogen-bond acceptors (Lipinski definition) is 1. The van der Waals surface area contributed by atoms with Crippen LogP contribution in [0, 0.1) is 5.82 Å². The molecule has 0 atom stereocenters. The van der Waals surface area contributed by atoms with Crippen LogP contribution in [0.5, 0.6) is 5.75 Å². The van der Waals surface area contributed by atoms with Crippen LogP contribution in [0.3, 0.4) is 0 Å². The van der Waals surface area contributed by atoms with Gasteiger partial charge < -0.3 is 4.74 Å². The van der Waals surface area contributed by atoms with E-state index in [4.69, 9.17) is 16.3 Å². The molecule has 0 unspecified atom stereocenters. The van der Waals surface area contributed by atoms with Crippen LogP contribution in [0.25, 0.3) is 0 Å². The van der Waals surface area contributed by atoms with Crippen molar-refractivity contribution in [2.75, 3.05) is 0 Å². The molecule has 0 heterocycles. The standard InChI is InChI=1S/C14H11BrClFO/c15-8-10-4-6-12(7-5-10)18-9-11-2-1-3-13(16)14(11)17/h1-7H,8-9H2. The van der Waals surface area contributed by atoms with Gasteiger partial charge in [-0.15, -0.1) is 0 Å². The van der Waals surface area contributed by atoms with Gasteiger partial charge in [0.25, 0.3) is 0 Å². The minimum atomic E-state index is -0.420. The molecule has 0 N–H and O–H groups in total. The summed E-state index contributed by atoms with van der Waals surface area (Å²) in [5.41, 5.74) is 1.61. The van der Waals surface area contributed by atoms with Crippen molar-refractivity contribution in [1.82, 2.24) is 0 Å². The highest BCUT2D eigenvalue weighted by atomic mass is 79.9. The molecule has 0 fully saturated rings. The maximum absolute atomic E-state index is 13.6. The second kappa shape index (κ2) is 6.21. The third-order valence-corrected chi connectivity index (χ3v) is 3.44. The lowest BCUT2D eigenvalue weighted by Crippen LogP contribution is -1.98. The Kier molecular flexibility index (Phi) is 4.61. The average Bonchev–Trinajstić information content (AvgIpc) is 2.41. The molecule has 0 radical (unpaired) electrons. The summed E-state index contributed by atoms with van der Waals surface area (Å²) < 4.78 is 19.1. The van der Waals surface area contributed by atoms with Crippen molar-refractivity contribution < 1.29 is 9.13 Å². The van der Waals surface area contributed by atoms with Crippen LogP contribution in [0.15, 0.2) is 42.5 Å². The largest absolute Gasteiger partial charge is 0.489 e. The normalized spacial score (nSPS) is 10.4. The minimum Gasteiger partial charge on any atom is -0.489 e. The predicted octanol–water partition coefficient (Wildman–Crippen LogP) is 4.95. The van der Waals surface area contributed by atoms with E-state index in [1.165, 1.54) is 6.07 Å². The van der Waals surface area contributed by atoms with Gasteiger partial charge >= 0.3 is 0 Å². The van der Waals surface area contributed by atoms with Crippen molar-refractivity contribution in [2.24, 2.45) is 0 Å². The lowest BCUT2D eigenvalue weighted by Gasteiger charge is -2.08. The van der Waals surface area contributed by atoms with E-state index in [0.717, 1.165) is 10.9 Å². The first-order chi connectivity index (χ1) is 8.70. The number of halogens is 3. The molecule has 0 bridgehead atoms. The van der Waals surface area contributed by atoms with Gasteiger partial charge in [0.15, 0.2) is 0 Å². The van der Waals surface area contributed by atoms with Crippen LogP contribution in [-0.4, -0.2) is 0 Å². The molecule has 2 aromatic carbocycles. The van der Waals surface area contributed by atoms with Crippen molar-refractivity contribution in [1.29, 1.82) is 0 Å². The van der Waals surface area contributed by atoms with Crippen molar-refractivity contribution >= 4 is 27.5 Å². The fourth-order valence-corrected chi connectivity index (χ4v) is 2.06. The van der Waals surface area contributed by atoms with E-state index >= 15 is 0 Å². The molecule has 2 aromatic rings. The van der Waals surface area contributed by atoms with Gasteiger partial charge in [-0.3, -0.25) is 0 Å². The maximum atomic E-state index is 13.6. The molecule has 0 aliphatic heterocycles. The summed E-state index contributed by atoms with van der Waals surface area (Å²) in [6, 6.07) is 12.5. The second-order valence-corrected chi connectivity index (χ2v) is 4.75. The third kappa shape index (κ3) is 3.24. The highest BCUT2D eigenvalue weighted by Gasteiger charge is 2.06. The Labute approximate surface area is 119 Å². The van der Waals surface area contributed by atoms with E-state index in [1.54, 1.807) is 12.1 Å². The summed E-state index contributed by atoms with van der Waals surface area (Å²) in [7, 11) is 0. The summed E-state index contributed by atoms with van der Waals surface area (Å²) in [5.74, 6) is 0.287. The van der Waals surface area contributed by atoms with E-state index < -0.39 is 5.82 Å². The quantitative estimate of drug-likeness (QED) is 0.721. The summed E-state index contributed by atoms with van der Waals surface area (Å²) >= 11 is 9.07. The fraction of sp³-hybridized carbons (Fsp3) is 0.143. The summed E-state index contributed by atoms with van der Waals surface area (Å²) in [5, 5.41) is 0.918. The topological polar surface area (TPSA) is 9.23 Å². The molecule has 0 aromatic heterocycles. The highest BCUT2D eigenvalue weighted by Crippen LogP contribution is 2.20. The smallest absolute Gasteiger partial charge is 0.148 e. The third-order valence-electron chi connectivity index (χ3n) is 2.50. The molecule has 0 spiro atoms. The summed E-state index contributed by atoms with van der Waals surface area (Å²) in [6.07, 6.45) is 0. The van der Waals surface area contributed by atoms with E-state index in [0.29, 0.717) is 11.3 Å². The lowest BCUT2D eigenvalue weighted by molar-refractivity contribution is 0.300. The zero-order valence-electron chi connectivity index (χ0n) is 9.50. The number of benzene rings is 2. The van der Waals surface area contributed by atoms with E-state index in [-0.39, 0.29) is 11.6 Å². The van der Waals surface area contributed by atoms with Gasteiger partial charge in [0.2, 0.25) is 0 Å². The van der Waals surface area contributed by atoms with Crippen molar-refractivity contribution in [3.05, 3.63) is 64.4 Å². The van der Waals surface area contributed by atoms with Crippen LogP contribution < -0.4 is 4.74 Å². The molecule has 0 saturated carbocycles. The Hall–Kier alpha value is -1.06. The van der Waals surface area contributed by atoms with Crippen LogP contribution in [0.1, 0.15) is 11.1 Å². The van der Waals surface area contributed by atoms with Gasteiger partial charge in [-0.2, -0.15) is 0 Å². The van der Waals surface area contributed by atoms with E-state index in [9.17, 15) is 4.39 Å². The van der Waals surface area contributed by atoms with Crippen LogP contribution in [-0.2, 0) is 11.9 Å². The number of alkyl halides is 1. The zero-order valence-corrected chi connectivity index (χ0v) is 11.8. The highest BCUT2D eigenvalue weighted by molar-refractivity contribution is 9.08. The minimum absolute atomic E-state index is 0.116. The molecule has 0 aliphatic rings. The Morgan fingerprint density at radius 2 is 1.83 bits per heavy atom. The average molecular weight is 330 g/mol. The van der Waals surface area contributed by atoms with Gasteiger partial charge in [-0.05, 0) is 23.8 Å². The van der Waals surface area contributed by atoms with E-state index in [2.05, 4.69) is 15.9 Å². The first-order valence-electron chi connectivity index (χ1n) is 5.41. The van der Waals surface area contributed by atoms with E-state index in [1.807, 2.05) is 24.3 Å². The number of ether oxygens (including phenoxy) is 1. The van der Waals surface area contributed by atoms with Gasteiger partial charge in [-0.1, -0.05) is 51.8 Å². The number of rotatable bonds is 4. The molecule has 0 amide bonds. The van der Waals surface area contributed by atoms with Gasteiger partial charge in [0.1, 0.15) is 18.2 Å². The molecule has 94 valence electrons. The Morgan fingerprint density at radius 3 is 2.50 bits per heavy atom. The fourth-order valence-electron chi connectivity index (χ4n) is 1.50. The number of hydrogen-bond donors (Lipinski definition) is 0. The van der Waals surface area contributed by atoms with Crippen LogP contribution >= 0.6 is 27.5 Å². The first kappa shape index (κ1) is 13.4. The van der Waals surface area contributed by atoms with Crippen molar-refractivity contribution in [3.8, 4) is 5.75 Å². The van der Waals surface area contributed by atoms with Crippen LogP contribution in [0.2, 0.25) is 5.02 Å². The maximum Gasteiger partial charge on any atom is 0.148 e. The van der Waals surface area contributed by atoms with Gasteiger partial charge in [-0.25, -0.2) is 4.39 Å². The molecule has 1 nitrogen and oxygen atoms in total. The molecule has 18 heavy (non-hydrogen) atoms. The molecular formula is C14H11BrClFO. The first-order valence-corrected chi connectivity index (χ1v) is 6.91. The van der Waals surface area contributed by atoms with Crippen molar-refractivity contribution in [3.63, 3.8) is 0 Å². The summed E-state index contributed by atoms with van der Waals surface area (Å²) in [4.78, 5) is 0. The molecular weight excluding hydrogens is 319 g/mol. The van der Waals surface area contributed by atoms with Crippen LogP contribution in [0.4, 0.5) is 4.39 Å². The molecule has 4 heteroatoms. The Bertz CT molecular complexity index is 528. The molecule has 0 saturated heterocycles. The second-order valence-electron chi connectivity index (χ2n) is 3.78. The Balaban J connectivity index is 2.04. The Morgan fingerprint density at radius 1 is 1.11 bits per heavy atom. The monoisotopic (exact) mass is 328 g/mol. The summed E-state index contributed by atoms with van der Waals surface area (Å²) in [6.45, 7) is 0.167. The SMILES string of the molecule is Fc1c(Cl)cccc1COc1ccc(CBr)cc1. The predicted molar refractivity (Wildman–Crippen MR) is 74.8 cm³/mol. The zero-order chi connectivity index (χ0) is 13.0. The molecule has 0 aliphatic carbocycles. The van der Waals surface area contributed by atoms with Gasteiger partial charge in [0, 0.05) is 10.9 Å².